The number of benzene rings is 1. The minimum atomic E-state index is -3.67. The molecule has 1 N–H and O–H groups in total. The Morgan fingerprint density at radius 2 is 2.00 bits per heavy atom. The van der Waals surface area contributed by atoms with E-state index in [-0.39, 0.29) is 11.3 Å². The quantitative estimate of drug-likeness (QED) is 0.867. The highest BCUT2D eigenvalue weighted by molar-refractivity contribution is 7.89. The highest BCUT2D eigenvalue weighted by Gasteiger charge is 2.16. The lowest BCUT2D eigenvalue weighted by atomic mass is 10.3. The monoisotopic (exact) mass is 242 g/mol. The Balaban J connectivity index is 2.87. The lowest BCUT2D eigenvalue weighted by molar-refractivity contribution is 0.562. The Bertz CT molecular complexity index is 491. The van der Waals surface area contributed by atoms with Gasteiger partial charge >= 0.3 is 0 Å². The molecule has 0 saturated heterocycles. The fourth-order valence-corrected chi connectivity index (χ4v) is 2.37. The Morgan fingerprint density at radius 3 is 2.50 bits per heavy atom. The van der Waals surface area contributed by atoms with Crippen LogP contribution in [-0.4, -0.2) is 14.5 Å². The Labute approximate surface area is 93.8 Å². The molecule has 1 unspecified atom stereocenters. The highest BCUT2D eigenvalue weighted by Crippen LogP contribution is 2.10. The third-order valence-electron chi connectivity index (χ3n) is 1.88. The van der Waals surface area contributed by atoms with E-state index in [1.165, 1.54) is 12.1 Å². The van der Waals surface area contributed by atoms with E-state index in [0.29, 0.717) is 0 Å². The van der Waals surface area contributed by atoms with Crippen LogP contribution in [0.25, 0.3) is 0 Å². The summed E-state index contributed by atoms with van der Waals surface area (Å²) in [5.41, 5.74) is 0. The maximum atomic E-state index is 12.6. The second-order valence-corrected chi connectivity index (χ2v) is 5.05. The lowest BCUT2D eigenvalue weighted by Crippen LogP contribution is -2.32. The molecule has 0 aliphatic rings. The molecule has 1 rings (SSSR count). The molecule has 0 aromatic heterocycles. The summed E-state index contributed by atoms with van der Waals surface area (Å²) < 4.78 is 38.3. The number of hydrogen-bond acceptors (Lipinski definition) is 3. The third-order valence-corrected chi connectivity index (χ3v) is 3.48. The van der Waals surface area contributed by atoms with Crippen molar-refractivity contribution in [3.8, 4) is 6.07 Å². The molecule has 4 nitrogen and oxygen atoms in total. The summed E-state index contributed by atoms with van der Waals surface area (Å²) >= 11 is 0. The van der Waals surface area contributed by atoms with Crippen LogP contribution in [0.3, 0.4) is 0 Å². The van der Waals surface area contributed by atoms with Gasteiger partial charge < -0.3 is 0 Å². The van der Waals surface area contributed by atoms with Crippen molar-refractivity contribution in [3.63, 3.8) is 0 Å². The largest absolute Gasteiger partial charge is 0.240 e. The molecule has 1 atom stereocenters. The van der Waals surface area contributed by atoms with Gasteiger partial charge in [0.15, 0.2) is 0 Å². The Kier molecular flexibility index (Phi) is 3.99. The predicted octanol–water partition coefficient (Wildman–Crippen LogP) is 1.41. The number of halogens is 1. The Morgan fingerprint density at radius 1 is 1.44 bits per heavy atom. The molecule has 0 radical (unpaired) electrons. The molecule has 1 aromatic rings. The normalized spacial score (nSPS) is 13.1. The summed E-state index contributed by atoms with van der Waals surface area (Å²) in [6, 6.07) is 5.89. The molecule has 0 spiro atoms. The average Bonchev–Trinajstić information content (AvgIpc) is 2.17. The predicted molar refractivity (Wildman–Crippen MR) is 56.4 cm³/mol. The van der Waals surface area contributed by atoms with Crippen molar-refractivity contribution < 1.29 is 12.8 Å². The van der Waals surface area contributed by atoms with E-state index in [0.717, 1.165) is 12.1 Å². The molecule has 86 valence electrons. The number of hydrogen-bond donors (Lipinski definition) is 1. The number of sulfonamides is 1. The van der Waals surface area contributed by atoms with Gasteiger partial charge in [-0.3, -0.25) is 0 Å². The number of nitrogens with zero attached hydrogens (tertiary/aromatic N) is 1. The molecular weight excluding hydrogens is 231 g/mol. The first-order valence-corrected chi connectivity index (χ1v) is 6.09. The van der Waals surface area contributed by atoms with Crippen LogP contribution in [0, 0.1) is 17.1 Å². The van der Waals surface area contributed by atoms with Gasteiger partial charge in [-0.05, 0) is 31.2 Å². The van der Waals surface area contributed by atoms with Gasteiger partial charge in [-0.2, -0.15) is 5.26 Å². The molecule has 0 fully saturated rings. The van der Waals surface area contributed by atoms with Crippen LogP contribution < -0.4 is 4.72 Å². The molecule has 6 heteroatoms. The van der Waals surface area contributed by atoms with Crippen LogP contribution in [0.4, 0.5) is 4.39 Å². The fourth-order valence-electron chi connectivity index (χ4n) is 1.13. The van der Waals surface area contributed by atoms with E-state index >= 15 is 0 Å². The van der Waals surface area contributed by atoms with E-state index in [4.69, 9.17) is 5.26 Å². The van der Waals surface area contributed by atoms with Gasteiger partial charge in [-0.25, -0.2) is 17.5 Å². The molecule has 0 aliphatic heterocycles. The van der Waals surface area contributed by atoms with Crippen molar-refractivity contribution in [1.82, 2.24) is 4.72 Å². The van der Waals surface area contributed by atoms with Crippen molar-refractivity contribution in [3.05, 3.63) is 30.1 Å². The zero-order chi connectivity index (χ0) is 12.2. The van der Waals surface area contributed by atoms with Gasteiger partial charge in [-0.15, -0.1) is 0 Å². The number of nitrogens with one attached hydrogen (secondary N) is 1. The van der Waals surface area contributed by atoms with Gasteiger partial charge in [0.2, 0.25) is 10.0 Å². The van der Waals surface area contributed by atoms with Crippen LogP contribution in [0.2, 0.25) is 0 Å². The summed E-state index contributed by atoms with van der Waals surface area (Å²) in [5.74, 6) is -0.496. The summed E-state index contributed by atoms with van der Waals surface area (Å²) in [4.78, 5) is -0.0151. The van der Waals surface area contributed by atoms with Crippen LogP contribution in [0.1, 0.15) is 13.3 Å². The van der Waals surface area contributed by atoms with Crippen LogP contribution in [0.15, 0.2) is 29.2 Å². The standard InChI is InChI=1S/C10H11FN2O2S/c1-8(6-7-12)13-16(14,15)10-4-2-9(11)3-5-10/h2-5,8,13H,6H2,1H3. The van der Waals surface area contributed by atoms with E-state index in [1.807, 2.05) is 6.07 Å². The van der Waals surface area contributed by atoms with E-state index in [2.05, 4.69) is 4.72 Å². The molecule has 16 heavy (non-hydrogen) atoms. The SMILES string of the molecule is CC(CC#N)NS(=O)(=O)c1ccc(F)cc1. The van der Waals surface area contributed by atoms with Crippen molar-refractivity contribution >= 4 is 10.0 Å². The first-order valence-electron chi connectivity index (χ1n) is 4.60. The van der Waals surface area contributed by atoms with Crippen LogP contribution >= 0.6 is 0 Å². The van der Waals surface area contributed by atoms with Crippen molar-refractivity contribution in [2.75, 3.05) is 0 Å². The molecule has 0 amide bonds. The fraction of sp³-hybridized carbons (Fsp3) is 0.300. The molecule has 0 bridgehead atoms. The van der Waals surface area contributed by atoms with Crippen molar-refractivity contribution in [2.24, 2.45) is 0 Å². The van der Waals surface area contributed by atoms with Crippen LogP contribution in [0.5, 0.6) is 0 Å². The zero-order valence-corrected chi connectivity index (χ0v) is 9.46. The molecular formula is C10H11FN2O2S. The minimum absolute atomic E-state index is 0.0151. The summed E-state index contributed by atoms with van der Waals surface area (Å²) in [6.45, 7) is 1.59. The third kappa shape index (κ3) is 3.29. The Hall–Kier alpha value is -1.45. The first-order chi connectivity index (χ1) is 7.45. The minimum Gasteiger partial charge on any atom is -0.207 e. The van der Waals surface area contributed by atoms with Gasteiger partial charge in [0.25, 0.3) is 0 Å². The molecule has 0 aliphatic carbocycles. The van der Waals surface area contributed by atoms with Gasteiger partial charge in [0.05, 0.1) is 17.4 Å². The summed E-state index contributed by atoms with van der Waals surface area (Å²) in [5, 5.41) is 8.41. The van der Waals surface area contributed by atoms with Gasteiger partial charge in [-0.1, -0.05) is 0 Å². The smallest absolute Gasteiger partial charge is 0.207 e. The lowest BCUT2D eigenvalue weighted by Gasteiger charge is -2.10. The molecule has 1 aromatic carbocycles. The van der Waals surface area contributed by atoms with Crippen LogP contribution in [-0.2, 0) is 10.0 Å². The molecule has 0 heterocycles. The average molecular weight is 242 g/mol. The second-order valence-electron chi connectivity index (χ2n) is 3.34. The first kappa shape index (κ1) is 12.6. The molecule has 0 saturated carbocycles. The summed E-state index contributed by atoms with van der Waals surface area (Å²) in [6.07, 6.45) is 0.0838. The topological polar surface area (TPSA) is 70.0 Å². The zero-order valence-electron chi connectivity index (χ0n) is 8.64. The maximum Gasteiger partial charge on any atom is 0.240 e. The van der Waals surface area contributed by atoms with E-state index in [1.54, 1.807) is 6.92 Å². The highest BCUT2D eigenvalue weighted by atomic mass is 32.2. The second kappa shape index (κ2) is 5.05. The maximum absolute atomic E-state index is 12.6. The van der Waals surface area contributed by atoms with Crippen molar-refractivity contribution in [1.29, 1.82) is 5.26 Å². The number of rotatable bonds is 4. The van der Waals surface area contributed by atoms with Crippen molar-refractivity contribution in [2.45, 2.75) is 24.3 Å². The van der Waals surface area contributed by atoms with Gasteiger partial charge in [0.1, 0.15) is 5.82 Å². The summed E-state index contributed by atoms with van der Waals surface area (Å²) in [7, 11) is -3.67. The number of nitriles is 1. The van der Waals surface area contributed by atoms with E-state index < -0.39 is 21.9 Å². The van der Waals surface area contributed by atoms with Gasteiger partial charge in [0, 0.05) is 6.04 Å². The van der Waals surface area contributed by atoms with E-state index in [9.17, 15) is 12.8 Å².